The number of morpholine rings is 1. The zero-order chi connectivity index (χ0) is 30.2. The van der Waals surface area contributed by atoms with E-state index < -0.39 is 18.1 Å². The summed E-state index contributed by atoms with van der Waals surface area (Å²) in [5.41, 5.74) is 3.00. The number of pyridine rings is 1. The van der Waals surface area contributed by atoms with E-state index in [9.17, 15) is 19.4 Å². The topological polar surface area (TPSA) is 101 Å². The molecule has 5 atom stereocenters. The summed E-state index contributed by atoms with van der Waals surface area (Å²) in [6.45, 7) is 14.9. The number of anilines is 1. The normalized spacial score (nSPS) is 27.2. The average Bonchev–Trinajstić information content (AvgIpc) is 3.22. The molecule has 2 fully saturated rings. The molecule has 2 aromatic rings. The van der Waals surface area contributed by atoms with Crippen LogP contribution in [0, 0.1) is 5.82 Å². The standard InChI is InChI=1S/C32H46FN5O4/c1-20-13-36(26(12-34-20)14-37-21(2)17-42-18-22(37)3)15-29(41)38-19-32(4,5)31-27(38)11-24(30(35-31)28(40)16-39)10-23-6-8-25(33)9-7-23/h6-9,11,20-22,26,28,34,39-40H,10,12-19H2,1-5H3/t20-,21-,22-,26-,28-/m1/s1. The predicted molar refractivity (Wildman–Crippen MR) is 160 cm³/mol. The third-order valence-electron chi connectivity index (χ3n) is 9.03. The van der Waals surface area contributed by atoms with Gasteiger partial charge in [0.15, 0.2) is 0 Å². The van der Waals surface area contributed by atoms with Crippen molar-refractivity contribution in [1.29, 1.82) is 0 Å². The van der Waals surface area contributed by atoms with E-state index in [0.29, 0.717) is 42.9 Å². The maximum Gasteiger partial charge on any atom is 0.241 e. The van der Waals surface area contributed by atoms with Crippen LogP contribution in [0.3, 0.4) is 0 Å². The lowest BCUT2D eigenvalue weighted by molar-refractivity contribution is -0.121. The third kappa shape index (κ3) is 6.54. The summed E-state index contributed by atoms with van der Waals surface area (Å²) in [6.07, 6.45) is -0.762. The van der Waals surface area contributed by atoms with Crippen molar-refractivity contribution in [2.75, 3.05) is 57.4 Å². The smallest absolute Gasteiger partial charge is 0.241 e. The molecule has 42 heavy (non-hydrogen) atoms. The summed E-state index contributed by atoms with van der Waals surface area (Å²) < 4.78 is 19.3. The van der Waals surface area contributed by atoms with Crippen LogP contribution in [-0.4, -0.2) is 108 Å². The molecule has 0 spiro atoms. The van der Waals surface area contributed by atoms with E-state index in [-0.39, 0.29) is 23.8 Å². The van der Waals surface area contributed by atoms with Crippen LogP contribution in [0.15, 0.2) is 30.3 Å². The number of nitrogens with zero attached hydrogens (tertiary/aromatic N) is 4. The molecule has 230 valence electrons. The molecule has 10 heteroatoms. The quantitative estimate of drug-likeness (QED) is 0.435. The number of carbonyl (C=O) groups is 1. The molecular formula is C32H46FN5O4. The second-order valence-electron chi connectivity index (χ2n) is 13.1. The summed E-state index contributed by atoms with van der Waals surface area (Å²) in [7, 11) is 0. The maximum absolute atomic E-state index is 14.1. The Morgan fingerprint density at radius 1 is 1.19 bits per heavy atom. The van der Waals surface area contributed by atoms with Crippen molar-refractivity contribution in [3.8, 4) is 0 Å². The number of aliphatic hydroxyl groups is 2. The first kappa shape index (κ1) is 31.0. The van der Waals surface area contributed by atoms with Crippen LogP contribution in [0.25, 0.3) is 0 Å². The van der Waals surface area contributed by atoms with Gasteiger partial charge in [-0.15, -0.1) is 0 Å². The van der Waals surface area contributed by atoms with Crippen LogP contribution in [0.4, 0.5) is 10.1 Å². The molecule has 0 saturated carbocycles. The highest BCUT2D eigenvalue weighted by molar-refractivity contribution is 5.97. The van der Waals surface area contributed by atoms with Gasteiger partial charge in [-0.1, -0.05) is 26.0 Å². The highest BCUT2D eigenvalue weighted by atomic mass is 19.1. The summed E-state index contributed by atoms with van der Waals surface area (Å²) >= 11 is 0. The van der Waals surface area contributed by atoms with E-state index in [1.807, 2.05) is 11.0 Å². The number of aromatic nitrogens is 1. The Balaban J connectivity index is 1.41. The Morgan fingerprint density at radius 2 is 1.88 bits per heavy atom. The Bertz CT molecular complexity index is 1250. The Morgan fingerprint density at radius 3 is 2.55 bits per heavy atom. The van der Waals surface area contributed by atoms with E-state index in [1.54, 1.807) is 12.1 Å². The van der Waals surface area contributed by atoms with Crippen LogP contribution in [-0.2, 0) is 21.4 Å². The molecule has 5 rings (SSSR count). The number of amides is 1. The molecule has 0 bridgehead atoms. The lowest BCUT2D eigenvalue weighted by Crippen LogP contribution is -2.63. The van der Waals surface area contributed by atoms with Crippen molar-refractivity contribution < 1.29 is 24.1 Å². The van der Waals surface area contributed by atoms with Crippen LogP contribution in [0.2, 0.25) is 0 Å². The molecule has 0 radical (unpaired) electrons. The number of hydrogen-bond acceptors (Lipinski definition) is 8. The minimum Gasteiger partial charge on any atom is -0.393 e. The van der Waals surface area contributed by atoms with Gasteiger partial charge in [0.25, 0.3) is 0 Å². The Kier molecular flexibility index (Phi) is 9.32. The molecule has 3 N–H and O–H groups in total. The van der Waals surface area contributed by atoms with Crippen molar-refractivity contribution >= 4 is 11.6 Å². The maximum atomic E-state index is 14.1. The van der Waals surface area contributed by atoms with Gasteiger partial charge in [-0.3, -0.25) is 19.6 Å². The van der Waals surface area contributed by atoms with Gasteiger partial charge in [0, 0.05) is 55.8 Å². The summed E-state index contributed by atoms with van der Waals surface area (Å²) in [5.74, 6) is -0.299. The van der Waals surface area contributed by atoms with E-state index >= 15 is 0 Å². The number of ether oxygens (including phenoxy) is 1. The summed E-state index contributed by atoms with van der Waals surface area (Å²) in [4.78, 5) is 25.6. The molecular weight excluding hydrogens is 537 g/mol. The zero-order valence-electron chi connectivity index (χ0n) is 25.5. The van der Waals surface area contributed by atoms with Crippen molar-refractivity contribution in [1.82, 2.24) is 20.1 Å². The highest BCUT2D eigenvalue weighted by Gasteiger charge is 2.42. The number of fused-ring (bicyclic) bond motifs is 1. The van der Waals surface area contributed by atoms with Gasteiger partial charge in [-0.2, -0.15) is 0 Å². The largest absolute Gasteiger partial charge is 0.393 e. The number of hydrogen-bond donors (Lipinski definition) is 3. The van der Waals surface area contributed by atoms with Crippen LogP contribution in [0.1, 0.15) is 63.2 Å². The highest BCUT2D eigenvalue weighted by Crippen LogP contribution is 2.41. The second-order valence-corrected chi connectivity index (χ2v) is 13.1. The Labute approximate surface area is 248 Å². The lowest BCUT2D eigenvalue weighted by Gasteiger charge is -2.46. The van der Waals surface area contributed by atoms with Crippen molar-refractivity contribution in [3.63, 3.8) is 0 Å². The SMILES string of the molecule is C[C@@H]1CN(CC(=O)N2CC(C)(C)c3nc([C@H](O)CO)c(Cc4ccc(F)cc4)cc32)[C@@H](CN2[C@H](C)COC[C@H]2C)CN1. The van der Waals surface area contributed by atoms with E-state index in [4.69, 9.17) is 9.72 Å². The number of halogens is 1. The molecule has 1 amide bonds. The van der Waals surface area contributed by atoms with Gasteiger partial charge >= 0.3 is 0 Å². The molecule has 0 aliphatic carbocycles. The van der Waals surface area contributed by atoms with E-state index in [1.165, 1.54) is 12.1 Å². The first-order valence-electron chi connectivity index (χ1n) is 15.2. The van der Waals surface area contributed by atoms with Crippen LogP contribution < -0.4 is 10.2 Å². The van der Waals surface area contributed by atoms with Crippen LogP contribution in [0.5, 0.6) is 0 Å². The number of benzene rings is 1. The van der Waals surface area contributed by atoms with E-state index in [0.717, 1.165) is 49.8 Å². The zero-order valence-corrected chi connectivity index (χ0v) is 25.5. The summed E-state index contributed by atoms with van der Waals surface area (Å²) in [5, 5.41) is 24.1. The summed E-state index contributed by atoms with van der Waals surface area (Å²) in [6, 6.07) is 9.26. The molecule has 9 nitrogen and oxygen atoms in total. The van der Waals surface area contributed by atoms with Gasteiger partial charge in [-0.05, 0) is 56.5 Å². The molecule has 0 unspecified atom stereocenters. The van der Waals surface area contributed by atoms with E-state index in [2.05, 4.69) is 49.7 Å². The van der Waals surface area contributed by atoms with Gasteiger partial charge in [0.05, 0.1) is 43.4 Å². The molecule has 1 aromatic heterocycles. The first-order chi connectivity index (χ1) is 20.0. The fourth-order valence-corrected chi connectivity index (χ4v) is 6.68. The molecule has 4 heterocycles. The minimum absolute atomic E-state index is 0.0222. The first-order valence-corrected chi connectivity index (χ1v) is 15.2. The molecule has 3 aliphatic rings. The van der Waals surface area contributed by atoms with Gasteiger partial charge in [-0.25, -0.2) is 4.39 Å². The number of nitrogens with one attached hydrogen (secondary N) is 1. The van der Waals surface area contributed by atoms with Crippen molar-refractivity contribution in [2.24, 2.45) is 0 Å². The average molecular weight is 584 g/mol. The predicted octanol–water partition coefficient (Wildman–Crippen LogP) is 2.23. The number of rotatable bonds is 8. The molecule has 2 saturated heterocycles. The molecule has 1 aromatic carbocycles. The lowest BCUT2D eigenvalue weighted by atomic mass is 9.90. The number of carbonyl (C=O) groups excluding carboxylic acids is 1. The van der Waals surface area contributed by atoms with Gasteiger partial charge in [0.2, 0.25) is 5.91 Å². The monoisotopic (exact) mass is 583 g/mol. The fourth-order valence-electron chi connectivity index (χ4n) is 6.68. The number of aliphatic hydroxyl groups excluding tert-OH is 2. The fraction of sp³-hybridized carbons (Fsp3) is 0.625. The third-order valence-corrected chi connectivity index (χ3v) is 9.03. The van der Waals surface area contributed by atoms with Gasteiger partial charge < -0.3 is 25.2 Å². The Hall–Kier alpha value is -2.47. The second kappa shape index (κ2) is 12.6. The van der Waals surface area contributed by atoms with Crippen molar-refractivity contribution in [2.45, 2.75) is 76.7 Å². The number of piperazine rings is 1. The minimum atomic E-state index is -1.15. The van der Waals surface area contributed by atoms with Crippen molar-refractivity contribution in [3.05, 3.63) is 58.7 Å². The van der Waals surface area contributed by atoms with Gasteiger partial charge in [0.1, 0.15) is 11.9 Å². The molecule has 3 aliphatic heterocycles. The van der Waals surface area contributed by atoms with Crippen LogP contribution >= 0.6 is 0 Å².